The van der Waals surface area contributed by atoms with E-state index in [1.807, 2.05) is 6.92 Å². The summed E-state index contributed by atoms with van der Waals surface area (Å²) in [5.74, 6) is 0. The Morgan fingerprint density at radius 1 is 1.11 bits per heavy atom. The highest BCUT2D eigenvalue weighted by molar-refractivity contribution is 5.37. The molecule has 3 rings (SSSR count). The average Bonchev–Trinajstić information content (AvgIpc) is 2.47. The minimum absolute atomic E-state index is 0.197. The second kappa shape index (κ2) is 5.26. The molecule has 19 heavy (non-hydrogen) atoms. The van der Waals surface area contributed by atoms with E-state index >= 15 is 0 Å². The number of benzene rings is 1. The highest BCUT2D eigenvalue weighted by atomic mass is 16.3. The van der Waals surface area contributed by atoms with Crippen molar-refractivity contribution in [2.75, 3.05) is 6.54 Å². The Bertz CT molecular complexity index is 447. The molecular formula is C17H25NO. The van der Waals surface area contributed by atoms with Gasteiger partial charge in [-0.1, -0.05) is 24.6 Å². The zero-order valence-electron chi connectivity index (χ0n) is 11.9. The molecule has 2 heteroatoms. The summed E-state index contributed by atoms with van der Waals surface area (Å²) < 4.78 is 0. The first-order valence-electron chi connectivity index (χ1n) is 7.76. The number of aliphatic hydroxyl groups is 1. The number of hydrogen-bond donors (Lipinski definition) is 2. The molecule has 1 saturated heterocycles. The van der Waals surface area contributed by atoms with Crippen LogP contribution >= 0.6 is 0 Å². The first-order chi connectivity index (χ1) is 9.18. The van der Waals surface area contributed by atoms with Crippen molar-refractivity contribution in [3.8, 4) is 0 Å². The fourth-order valence-electron chi connectivity index (χ4n) is 3.58. The molecule has 1 fully saturated rings. The Morgan fingerprint density at radius 3 is 2.63 bits per heavy atom. The number of rotatable bonds is 2. The highest BCUT2D eigenvalue weighted by Crippen LogP contribution is 2.32. The molecule has 1 aliphatic carbocycles. The van der Waals surface area contributed by atoms with Gasteiger partial charge in [0.2, 0.25) is 0 Å². The fraction of sp³-hybridized carbons (Fsp3) is 0.647. The monoisotopic (exact) mass is 259 g/mol. The van der Waals surface area contributed by atoms with Crippen molar-refractivity contribution in [3.63, 3.8) is 0 Å². The molecule has 0 aromatic heterocycles. The van der Waals surface area contributed by atoms with Gasteiger partial charge in [-0.3, -0.25) is 0 Å². The van der Waals surface area contributed by atoms with Gasteiger partial charge in [0, 0.05) is 6.04 Å². The van der Waals surface area contributed by atoms with E-state index < -0.39 is 5.60 Å². The molecule has 2 unspecified atom stereocenters. The van der Waals surface area contributed by atoms with Crippen molar-refractivity contribution >= 4 is 0 Å². The van der Waals surface area contributed by atoms with Gasteiger partial charge in [-0.15, -0.1) is 0 Å². The lowest BCUT2D eigenvalue weighted by molar-refractivity contribution is 0.00559. The van der Waals surface area contributed by atoms with Gasteiger partial charge in [-0.25, -0.2) is 0 Å². The molecule has 0 spiro atoms. The quantitative estimate of drug-likeness (QED) is 0.856. The second-order valence-corrected chi connectivity index (χ2v) is 6.34. The van der Waals surface area contributed by atoms with Crippen molar-refractivity contribution in [1.29, 1.82) is 0 Å². The van der Waals surface area contributed by atoms with Crippen molar-refractivity contribution < 1.29 is 5.11 Å². The number of aryl methyl sites for hydroxylation is 2. The van der Waals surface area contributed by atoms with E-state index in [1.165, 1.54) is 49.7 Å². The molecule has 1 aromatic carbocycles. The summed E-state index contributed by atoms with van der Waals surface area (Å²) in [7, 11) is 0. The lowest BCUT2D eigenvalue weighted by Crippen LogP contribution is -2.49. The van der Waals surface area contributed by atoms with Gasteiger partial charge in [0.25, 0.3) is 0 Å². The summed E-state index contributed by atoms with van der Waals surface area (Å²) in [4.78, 5) is 0. The minimum atomic E-state index is -0.743. The van der Waals surface area contributed by atoms with E-state index in [0.29, 0.717) is 0 Å². The zero-order valence-corrected chi connectivity index (χ0v) is 11.9. The minimum Gasteiger partial charge on any atom is -0.384 e. The van der Waals surface area contributed by atoms with E-state index in [1.54, 1.807) is 0 Å². The van der Waals surface area contributed by atoms with Crippen LogP contribution in [0.3, 0.4) is 0 Å². The Hall–Kier alpha value is -0.860. The van der Waals surface area contributed by atoms with Crippen LogP contribution in [0, 0.1) is 0 Å². The molecule has 0 saturated carbocycles. The predicted octanol–water partition coefficient (Wildman–Crippen LogP) is 2.92. The topological polar surface area (TPSA) is 32.3 Å². The summed E-state index contributed by atoms with van der Waals surface area (Å²) in [5, 5.41) is 14.4. The Balaban J connectivity index is 1.87. The van der Waals surface area contributed by atoms with Crippen LogP contribution in [0.2, 0.25) is 0 Å². The van der Waals surface area contributed by atoms with Crippen LogP contribution < -0.4 is 5.32 Å². The number of piperidine rings is 1. The van der Waals surface area contributed by atoms with E-state index in [9.17, 15) is 5.11 Å². The first-order valence-corrected chi connectivity index (χ1v) is 7.76. The van der Waals surface area contributed by atoms with Gasteiger partial charge in [0.05, 0.1) is 0 Å². The standard InChI is InChI=1S/C17H25NO/c1-17(19,16-8-4-5-11-18-16)15-10-9-13-6-2-3-7-14(13)12-15/h9-10,12,16,18-19H,2-8,11H2,1H3. The third-order valence-corrected chi connectivity index (χ3v) is 4.92. The fourth-order valence-corrected chi connectivity index (χ4v) is 3.58. The molecule has 1 heterocycles. The van der Waals surface area contributed by atoms with Gasteiger partial charge < -0.3 is 10.4 Å². The summed E-state index contributed by atoms with van der Waals surface area (Å²) in [6.45, 7) is 3.01. The van der Waals surface area contributed by atoms with Crippen LogP contribution in [0.5, 0.6) is 0 Å². The van der Waals surface area contributed by atoms with Crippen molar-refractivity contribution in [1.82, 2.24) is 5.32 Å². The maximum atomic E-state index is 10.9. The molecule has 1 aliphatic heterocycles. The SMILES string of the molecule is CC(O)(c1ccc2c(c1)CCCC2)C1CCCCN1. The molecule has 104 valence electrons. The smallest absolute Gasteiger partial charge is 0.102 e. The molecule has 0 radical (unpaired) electrons. The Labute approximate surface area is 116 Å². The third-order valence-electron chi connectivity index (χ3n) is 4.92. The predicted molar refractivity (Wildman–Crippen MR) is 78.3 cm³/mol. The van der Waals surface area contributed by atoms with Crippen LogP contribution in [0.1, 0.15) is 55.7 Å². The van der Waals surface area contributed by atoms with Gasteiger partial charge in [0.15, 0.2) is 0 Å². The number of nitrogens with one attached hydrogen (secondary N) is 1. The van der Waals surface area contributed by atoms with Gasteiger partial charge >= 0.3 is 0 Å². The van der Waals surface area contributed by atoms with Crippen molar-refractivity contribution in [2.24, 2.45) is 0 Å². The summed E-state index contributed by atoms with van der Waals surface area (Å²) in [5.41, 5.74) is 3.29. The third kappa shape index (κ3) is 2.56. The molecule has 0 amide bonds. The van der Waals surface area contributed by atoms with Gasteiger partial charge in [-0.05, 0) is 68.7 Å². The average molecular weight is 259 g/mol. The van der Waals surface area contributed by atoms with Crippen molar-refractivity contribution in [2.45, 2.75) is 63.5 Å². The molecular weight excluding hydrogens is 234 g/mol. The number of hydrogen-bond acceptors (Lipinski definition) is 2. The summed E-state index contributed by atoms with van der Waals surface area (Å²) in [6.07, 6.45) is 8.52. The van der Waals surface area contributed by atoms with Crippen molar-refractivity contribution in [3.05, 3.63) is 34.9 Å². The Morgan fingerprint density at radius 2 is 1.89 bits per heavy atom. The maximum Gasteiger partial charge on any atom is 0.102 e. The van der Waals surface area contributed by atoms with Crippen LogP contribution in [-0.4, -0.2) is 17.7 Å². The normalized spacial score (nSPS) is 26.5. The molecule has 2 atom stereocenters. The summed E-state index contributed by atoms with van der Waals surface area (Å²) in [6, 6.07) is 6.83. The van der Waals surface area contributed by atoms with E-state index in [2.05, 4.69) is 23.5 Å². The molecule has 2 N–H and O–H groups in total. The maximum absolute atomic E-state index is 10.9. The zero-order chi connectivity index (χ0) is 13.3. The van der Waals surface area contributed by atoms with Crippen LogP contribution in [-0.2, 0) is 18.4 Å². The summed E-state index contributed by atoms with van der Waals surface area (Å²) >= 11 is 0. The number of fused-ring (bicyclic) bond motifs is 1. The van der Waals surface area contributed by atoms with E-state index in [-0.39, 0.29) is 6.04 Å². The molecule has 1 aromatic rings. The van der Waals surface area contributed by atoms with E-state index in [0.717, 1.165) is 18.5 Å². The van der Waals surface area contributed by atoms with Gasteiger partial charge in [-0.2, -0.15) is 0 Å². The Kier molecular flexibility index (Phi) is 3.64. The van der Waals surface area contributed by atoms with Crippen LogP contribution in [0.25, 0.3) is 0 Å². The van der Waals surface area contributed by atoms with Gasteiger partial charge in [0.1, 0.15) is 5.60 Å². The highest BCUT2D eigenvalue weighted by Gasteiger charge is 2.34. The lowest BCUT2D eigenvalue weighted by Gasteiger charge is -2.37. The molecule has 2 aliphatic rings. The first kappa shape index (κ1) is 13.1. The largest absolute Gasteiger partial charge is 0.384 e. The van der Waals surface area contributed by atoms with E-state index in [4.69, 9.17) is 0 Å². The van der Waals surface area contributed by atoms with Crippen LogP contribution in [0.4, 0.5) is 0 Å². The molecule has 0 bridgehead atoms. The second-order valence-electron chi connectivity index (χ2n) is 6.34. The molecule has 2 nitrogen and oxygen atoms in total. The lowest BCUT2D eigenvalue weighted by atomic mass is 9.81. The van der Waals surface area contributed by atoms with Crippen LogP contribution in [0.15, 0.2) is 18.2 Å².